The Kier molecular flexibility index (Phi) is 4.11. The average Bonchev–Trinajstić information content (AvgIpc) is 2.21. The Labute approximate surface area is 104 Å². The minimum Gasteiger partial charge on any atom is -0.437 e. The SMILES string of the molecule is COC(=O)Oc1c(Cl)cc(C(F)(F)F)cc1Cl. The molecule has 0 fully saturated rings. The van der Waals surface area contributed by atoms with Crippen molar-refractivity contribution >= 4 is 29.4 Å². The standard InChI is InChI=1S/C9H5Cl2F3O3/c1-16-8(15)17-7-5(10)2-4(3-6(7)11)9(12,13)14/h2-3H,1H3. The number of benzene rings is 1. The summed E-state index contributed by atoms with van der Waals surface area (Å²) >= 11 is 11.0. The van der Waals surface area contributed by atoms with E-state index >= 15 is 0 Å². The van der Waals surface area contributed by atoms with E-state index in [1.165, 1.54) is 0 Å². The van der Waals surface area contributed by atoms with Crippen LogP contribution in [-0.2, 0) is 10.9 Å². The van der Waals surface area contributed by atoms with Gasteiger partial charge in [-0.05, 0) is 12.1 Å². The zero-order valence-electron chi connectivity index (χ0n) is 8.27. The van der Waals surface area contributed by atoms with Gasteiger partial charge in [0.25, 0.3) is 0 Å². The number of halogens is 5. The molecule has 17 heavy (non-hydrogen) atoms. The molecule has 0 saturated heterocycles. The molecule has 3 nitrogen and oxygen atoms in total. The molecule has 1 rings (SSSR count). The highest BCUT2D eigenvalue weighted by atomic mass is 35.5. The van der Waals surface area contributed by atoms with E-state index in [4.69, 9.17) is 23.2 Å². The van der Waals surface area contributed by atoms with Crippen LogP contribution in [0.2, 0.25) is 10.0 Å². The van der Waals surface area contributed by atoms with Crippen LogP contribution >= 0.6 is 23.2 Å². The molecule has 0 atom stereocenters. The van der Waals surface area contributed by atoms with Crippen LogP contribution in [-0.4, -0.2) is 13.3 Å². The van der Waals surface area contributed by atoms with Gasteiger partial charge >= 0.3 is 12.3 Å². The van der Waals surface area contributed by atoms with Gasteiger partial charge in [-0.1, -0.05) is 23.2 Å². The third-order valence-electron chi connectivity index (χ3n) is 1.68. The Morgan fingerprint density at radius 2 is 1.71 bits per heavy atom. The first-order valence-corrected chi connectivity index (χ1v) is 4.83. The van der Waals surface area contributed by atoms with Crippen LogP contribution in [0.5, 0.6) is 5.75 Å². The molecular weight excluding hydrogens is 284 g/mol. The quantitative estimate of drug-likeness (QED) is 0.575. The number of hydrogen-bond acceptors (Lipinski definition) is 3. The zero-order valence-corrected chi connectivity index (χ0v) is 9.78. The second-order valence-corrected chi connectivity index (χ2v) is 3.64. The highest BCUT2D eigenvalue weighted by molar-refractivity contribution is 6.37. The van der Waals surface area contributed by atoms with Gasteiger partial charge in [-0.2, -0.15) is 13.2 Å². The largest absolute Gasteiger partial charge is 0.513 e. The van der Waals surface area contributed by atoms with Crippen molar-refractivity contribution in [2.75, 3.05) is 7.11 Å². The van der Waals surface area contributed by atoms with Crippen molar-refractivity contribution < 1.29 is 27.4 Å². The van der Waals surface area contributed by atoms with Gasteiger partial charge in [0.05, 0.1) is 22.7 Å². The van der Waals surface area contributed by atoms with E-state index in [1.807, 2.05) is 0 Å². The van der Waals surface area contributed by atoms with Crippen molar-refractivity contribution in [2.45, 2.75) is 6.18 Å². The summed E-state index contributed by atoms with van der Waals surface area (Å²) < 4.78 is 45.7. The number of carbonyl (C=O) groups is 1. The van der Waals surface area contributed by atoms with E-state index in [2.05, 4.69) is 9.47 Å². The van der Waals surface area contributed by atoms with Crippen LogP contribution in [0.15, 0.2) is 12.1 Å². The normalized spacial score (nSPS) is 11.2. The third kappa shape index (κ3) is 3.41. The molecule has 0 bridgehead atoms. The molecule has 0 unspecified atom stereocenters. The number of methoxy groups -OCH3 is 1. The first-order valence-electron chi connectivity index (χ1n) is 4.07. The molecule has 0 aliphatic rings. The summed E-state index contributed by atoms with van der Waals surface area (Å²) in [5, 5.41) is -0.870. The number of ether oxygens (including phenoxy) is 2. The Morgan fingerprint density at radius 1 is 1.24 bits per heavy atom. The maximum absolute atomic E-state index is 12.4. The molecule has 1 aromatic rings. The lowest BCUT2D eigenvalue weighted by Gasteiger charge is -2.11. The molecule has 0 aromatic heterocycles. The molecule has 0 radical (unpaired) electrons. The Balaban J connectivity index is 3.15. The second-order valence-electron chi connectivity index (χ2n) is 2.82. The van der Waals surface area contributed by atoms with Gasteiger partial charge < -0.3 is 9.47 Å². The van der Waals surface area contributed by atoms with Gasteiger partial charge in [0.1, 0.15) is 0 Å². The molecule has 0 aliphatic carbocycles. The number of rotatable bonds is 1. The van der Waals surface area contributed by atoms with Crippen LogP contribution in [0.4, 0.5) is 18.0 Å². The minimum absolute atomic E-state index is 0.381. The lowest BCUT2D eigenvalue weighted by molar-refractivity contribution is -0.137. The highest BCUT2D eigenvalue weighted by Gasteiger charge is 2.32. The van der Waals surface area contributed by atoms with Crippen molar-refractivity contribution in [3.05, 3.63) is 27.7 Å². The molecule has 0 aliphatic heterocycles. The fraction of sp³-hybridized carbons (Fsp3) is 0.222. The van der Waals surface area contributed by atoms with E-state index in [9.17, 15) is 18.0 Å². The maximum Gasteiger partial charge on any atom is 0.513 e. The molecule has 0 heterocycles. The Hall–Kier alpha value is -1.14. The van der Waals surface area contributed by atoms with Crippen molar-refractivity contribution in [1.82, 2.24) is 0 Å². The monoisotopic (exact) mass is 288 g/mol. The van der Waals surface area contributed by atoms with Crippen LogP contribution in [0.1, 0.15) is 5.56 Å². The smallest absolute Gasteiger partial charge is 0.437 e. The van der Waals surface area contributed by atoms with Gasteiger partial charge in [0, 0.05) is 0 Å². The van der Waals surface area contributed by atoms with E-state index in [-0.39, 0.29) is 5.75 Å². The summed E-state index contributed by atoms with van der Waals surface area (Å²) in [7, 11) is 1.04. The fourth-order valence-corrected chi connectivity index (χ4v) is 1.51. The van der Waals surface area contributed by atoms with Crippen molar-refractivity contribution in [3.63, 3.8) is 0 Å². The summed E-state index contributed by atoms with van der Waals surface area (Å²) in [6.45, 7) is 0. The molecule has 0 N–H and O–H groups in total. The predicted molar refractivity (Wildman–Crippen MR) is 54.5 cm³/mol. The molecule has 0 saturated carbocycles. The molecule has 1 aromatic carbocycles. The van der Waals surface area contributed by atoms with Gasteiger partial charge in [0.2, 0.25) is 0 Å². The molecule has 0 amide bonds. The first-order chi connectivity index (χ1) is 7.75. The van der Waals surface area contributed by atoms with E-state index in [1.54, 1.807) is 0 Å². The summed E-state index contributed by atoms with van der Waals surface area (Å²) in [5.41, 5.74) is -1.04. The average molecular weight is 289 g/mol. The summed E-state index contributed by atoms with van der Waals surface area (Å²) in [6, 6.07) is 1.21. The first kappa shape index (κ1) is 13.9. The predicted octanol–water partition coefficient (Wildman–Crippen LogP) is 4.16. The zero-order chi connectivity index (χ0) is 13.2. The van der Waals surface area contributed by atoms with Crippen LogP contribution in [0.3, 0.4) is 0 Å². The van der Waals surface area contributed by atoms with Gasteiger partial charge in [-0.25, -0.2) is 4.79 Å². The van der Waals surface area contributed by atoms with Crippen molar-refractivity contribution in [3.8, 4) is 5.75 Å². The second kappa shape index (κ2) is 5.01. The lowest BCUT2D eigenvalue weighted by atomic mass is 10.2. The minimum atomic E-state index is -4.59. The molecule has 0 spiro atoms. The van der Waals surface area contributed by atoms with Crippen molar-refractivity contribution in [2.24, 2.45) is 0 Å². The molecule has 94 valence electrons. The van der Waals surface area contributed by atoms with Crippen LogP contribution in [0, 0.1) is 0 Å². The molecule has 8 heteroatoms. The number of hydrogen-bond donors (Lipinski definition) is 0. The van der Waals surface area contributed by atoms with Gasteiger partial charge in [-0.3, -0.25) is 0 Å². The fourth-order valence-electron chi connectivity index (χ4n) is 0.946. The van der Waals surface area contributed by atoms with Crippen LogP contribution < -0.4 is 4.74 Å². The van der Waals surface area contributed by atoms with Crippen LogP contribution in [0.25, 0.3) is 0 Å². The van der Waals surface area contributed by atoms with E-state index in [0.717, 1.165) is 7.11 Å². The maximum atomic E-state index is 12.4. The molecular formula is C9H5Cl2F3O3. The highest BCUT2D eigenvalue weighted by Crippen LogP contribution is 2.39. The summed E-state index contributed by atoms with van der Waals surface area (Å²) in [4.78, 5) is 10.8. The van der Waals surface area contributed by atoms with Gasteiger partial charge in [-0.15, -0.1) is 0 Å². The Morgan fingerprint density at radius 3 is 2.06 bits per heavy atom. The summed E-state index contributed by atoms with van der Waals surface area (Å²) in [6.07, 6.45) is -5.72. The van der Waals surface area contributed by atoms with Crippen molar-refractivity contribution in [1.29, 1.82) is 0 Å². The number of carbonyl (C=O) groups excluding carboxylic acids is 1. The summed E-state index contributed by atoms with van der Waals surface area (Å²) in [5.74, 6) is -0.381. The van der Waals surface area contributed by atoms with Gasteiger partial charge in [0.15, 0.2) is 5.75 Å². The van der Waals surface area contributed by atoms with E-state index in [0.29, 0.717) is 12.1 Å². The van der Waals surface area contributed by atoms with E-state index < -0.39 is 27.9 Å². The topological polar surface area (TPSA) is 35.5 Å². The third-order valence-corrected chi connectivity index (χ3v) is 2.24. The number of alkyl halides is 3. The Bertz CT molecular complexity index is 423. The lowest BCUT2D eigenvalue weighted by Crippen LogP contribution is -2.10.